The number of rotatable bonds is 6. The highest BCUT2D eigenvalue weighted by Gasteiger charge is 2.16. The standard InChI is InChI=1S/C12H15BrN4O2S/c13-11-9-10(14)3-4-12(11)20(18,19)16-6-2-8-17-7-1-5-15-17/h1,3-5,7,9,16H,2,6,8,14H2. The van der Waals surface area contributed by atoms with Crippen molar-refractivity contribution in [2.24, 2.45) is 0 Å². The summed E-state index contributed by atoms with van der Waals surface area (Å²) in [5.41, 5.74) is 6.10. The van der Waals surface area contributed by atoms with Crippen molar-refractivity contribution in [3.05, 3.63) is 41.1 Å². The van der Waals surface area contributed by atoms with E-state index in [0.29, 0.717) is 29.7 Å². The van der Waals surface area contributed by atoms with Crippen molar-refractivity contribution >= 4 is 31.6 Å². The number of benzene rings is 1. The molecule has 0 radical (unpaired) electrons. The lowest BCUT2D eigenvalue weighted by Gasteiger charge is -2.09. The molecule has 1 heterocycles. The average Bonchev–Trinajstić information content (AvgIpc) is 2.87. The summed E-state index contributed by atoms with van der Waals surface area (Å²) >= 11 is 3.21. The van der Waals surface area contributed by atoms with Gasteiger partial charge in [0.05, 0.1) is 4.90 Å². The molecule has 8 heteroatoms. The fraction of sp³-hybridized carbons (Fsp3) is 0.250. The molecule has 0 unspecified atom stereocenters. The first-order chi connectivity index (χ1) is 9.49. The van der Waals surface area contributed by atoms with Gasteiger partial charge in [-0.25, -0.2) is 13.1 Å². The van der Waals surface area contributed by atoms with Gasteiger partial charge >= 0.3 is 0 Å². The first-order valence-corrected chi connectivity index (χ1v) is 8.29. The molecular weight excluding hydrogens is 344 g/mol. The van der Waals surface area contributed by atoms with Crippen LogP contribution in [0.15, 0.2) is 46.0 Å². The molecule has 0 aliphatic rings. The summed E-state index contributed by atoms with van der Waals surface area (Å²) in [6.45, 7) is 1.01. The number of hydrogen-bond donors (Lipinski definition) is 2. The maximum atomic E-state index is 12.1. The number of aromatic nitrogens is 2. The van der Waals surface area contributed by atoms with E-state index in [9.17, 15) is 8.42 Å². The van der Waals surface area contributed by atoms with Crippen molar-refractivity contribution in [2.75, 3.05) is 12.3 Å². The van der Waals surface area contributed by atoms with E-state index in [1.807, 2.05) is 12.3 Å². The van der Waals surface area contributed by atoms with Gasteiger partial charge in [0.2, 0.25) is 10.0 Å². The van der Waals surface area contributed by atoms with Crippen LogP contribution in [0.5, 0.6) is 0 Å². The monoisotopic (exact) mass is 358 g/mol. The molecule has 0 spiro atoms. The van der Waals surface area contributed by atoms with Gasteiger partial charge in [-0.2, -0.15) is 5.10 Å². The highest BCUT2D eigenvalue weighted by Crippen LogP contribution is 2.23. The Balaban J connectivity index is 1.93. The van der Waals surface area contributed by atoms with E-state index in [1.165, 1.54) is 6.07 Å². The van der Waals surface area contributed by atoms with Crippen molar-refractivity contribution < 1.29 is 8.42 Å². The Kier molecular flexibility index (Phi) is 4.79. The number of nitrogens with two attached hydrogens (primary N) is 1. The second-order valence-electron chi connectivity index (χ2n) is 4.21. The van der Waals surface area contributed by atoms with Crippen molar-refractivity contribution in [1.29, 1.82) is 0 Å². The quantitative estimate of drug-likeness (QED) is 0.606. The zero-order valence-corrected chi connectivity index (χ0v) is 13.1. The molecule has 0 aliphatic heterocycles. The number of nitrogens with one attached hydrogen (secondary N) is 1. The lowest BCUT2D eigenvalue weighted by atomic mass is 10.3. The number of hydrogen-bond acceptors (Lipinski definition) is 4. The Labute approximate surface area is 126 Å². The van der Waals surface area contributed by atoms with Gasteiger partial charge in [-0.3, -0.25) is 4.68 Å². The van der Waals surface area contributed by atoms with E-state index in [4.69, 9.17) is 5.73 Å². The normalized spacial score (nSPS) is 11.7. The summed E-state index contributed by atoms with van der Waals surface area (Å²) in [4.78, 5) is 0.186. The van der Waals surface area contributed by atoms with Gasteiger partial charge in [-0.1, -0.05) is 0 Å². The highest BCUT2D eigenvalue weighted by molar-refractivity contribution is 9.10. The van der Waals surface area contributed by atoms with Gasteiger partial charge in [-0.05, 0) is 46.6 Å². The van der Waals surface area contributed by atoms with E-state index in [2.05, 4.69) is 25.8 Å². The second kappa shape index (κ2) is 6.38. The molecule has 6 nitrogen and oxygen atoms in total. The lowest BCUT2D eigenvalue weighted by molar-refractivity contribution is 0.552. The molecule has 2 rings (SSSR count). The third-order valence-electron chi connectivity index (χ3n) is 2.66. The van der Waals surface area contributed by atoms with Crippen LogP contribution in [0.1, 0.15) is 6.42 Å². The van der Waals surface area contributed by atoms with Crippen molar-refractivity contribution in [3.8, 4) is 0 Å². The van der Waals surface area contributed by atoms with E-state index in [-0.39, 0.29) is 4.90 Å². The van der Waals surface area contributed by atoms with Crippen LogP contribution in [0.2, 0.25) is 0 Å². The molecule has 0 aliphatic carbocycles. The first-order valence-electron chi connectivity index (χ1n) is 6.01. The van der Waals surface area contributed by atoms with Gasteiger partial charge in [0, 0.05) is 35.6 Å². The molecule has 2 aromatic rings. The maximum Gasteiger partial charge on any atom is 0.241 e. The van der Waals surface area contributed by atoms with Gasteiger partial charge in [0.25, 0.3) is 0 Å². The van der Waals surface area contributed by atoms with Crippen LogP contribution in [-0.4, -0.2) is 24.7 Å². The van der Waals surface area contributed by atoms with E-state index < -0.39 is 10.0 Å². The minimum Gasteiger partial charge on any atom is -0.399 e. The van der Waals surface area contributed by atoms with Gasteiger partial charge < -0.3 is 5.73 Å². The van der Waals surface area contributed by atoms with Crippen LogP contribution < -0.4 is 10.5 Å². The van der Waals surface area contributed by atoms with E-state index >= 15 is 0 Å². The van der Waals surface area contributed by atoms with Crippen molar-refractivity contribution in [2.45, 2.75) is 17.9 Å². The molecule has 0 atom stereocenters. The van der Waals surface area contributed by atoms with E-state index in [0.717, 1.165) is 0 Å². The Hall–Kier alpha value is -1.38. The number of aryl methyl sites for hydroxylation is 1. The summed E-state index contributed by atoms with van der Waals surface area (Å²) in [7, 11) is -3.53. The Morgan fingerprint density at radius 1 is 1.40 bits per heavy atom. The topological polar surface area (TPSA) is 90.0 Å². The summed E-state index contributed by atoms with van der Waals surface area (Å²) in [6, 6.07) is 6.44. The number of sulfonamides is 1. The minimum absolute atomic E-state index is 0.186. The lowest BCUT2D eigenvalue weighted by Crippen LogP contribution is -2.26. The predicted molar refractivity (Wildman–Crippen MR) is 80.6 cm³/mol. The Bertz CT molecular complexity index is 671. The van der Waals surface area contributed by atoms with Crippen LogP contribution in [0.25, 0.3) is 0 Å². The van der Waals surface area contributed by atoms with Crippen LogP contribution >= 0.6 is 15.9 Å². The van der Waals surface area contributed by atoms with Crippen LogP contribution in [0.4, 0.5) is 5.69 Å². The third-order valence-corrected chi connectivity index (χ3v) is 5.10. The van der Waals surface area contributed by atoms with Gasteiger partial charge in [0.1, 0.15) is 0 Å². The summed E-state index contributed by atoms with van der Waals surface area (Å²) < 4.78 is 29.0. The Morgan fingerprint density at radius 3 is 2.85 bits per heavy atom. The van der Waals surface area contributed by atoms with Gasteiger partial charge in [-0.15, -0.1) is 0 Å². The number of anilines is 1. The first kappa shape index (κ1) is 15.0. The summed E-state index contributed by atoms with van der Waals surface area (Å²) in [6.07, 6.45) is 4.19. The molecule has 0 saturated heterocycles. The number of halogens is 1. The smallest absolute Gasteiger partial charge is 0.241 e. The number of nitrogen functional groups attached to an aromatic ring is 1. The van der Waals surface area contributed by atoms with Crippen LogP contribution in [0, 0.1) is 0 Å². The van der Waals surface area contributed by atoms with E-state index in [1.54, 1.807) is 23.0 Å². The molecule has 0 amide bonds. The third kappa shape index (κ3) is 3.81. The fourth-order valence-electron chi connectivity index (χ4n) is 1.69. The molecule has 0 bridgehead atoms. The molecule has 1 aromatic carbocycles. The molecule has 108 valence electrons. The molecule has 3 N–H and O–H groups in total. The molecular formula is C12H15BrN4O2S. The maximum absolute atomic E-state index is 12.1. The average molecular weight is 359 g/mol. The summed E-state index contributed by atoms with van der Waals surface area (Å²) in [5, 5.41) is 4.05. The summed E-state index contributed by atoms with van der Waals surface area (Å²) in [5.74, 6) is 0. The second-order valence-corrected chi connectivity index (χ2v) is 6.80. The highest BCUT2D eigenvalue weighted by atomic mass is 79.9. The van der Waals surface area contributed by atoms with Crippen molar-refractivity contribution in [1.82, 2.24) is 14.5 Å². The van der Waals surface area contributed by atoms with Crippen LogP contribution in [-0.2, 0) is 16.6 Å². The Morgan fingerprint density at radius 2 is 2.20 bits per heavy atom. The molecule has 20 heavy (non-hydrogen) atoms. The minimum atomic E-state index is -3.53. The zero-order valence-electron chi connectivity index (χ0n) is 10.7. The zero-order chi connectivity index (χ0) is 14.6. The van der Waals surface area contributed by atoms with Crippen LogP contribution in [0.3, 0.4) is 0 Å². The SMILES string of the molecule is Nc1ccc(S(=O)(=O)NCCCn2cccn2)c(Br)c1. The largest absolute Gasteiger partial charge is 0.399 e. The molecule has 0 fully saturated rings. The number of nitrogens with zero attached hydrogens (tertiary/aromatic N) is 2. The predicted octanol–water partition coefficient (Wildman–Crippen LogP) is 1.60. The molecule has 0 saturated carbocycles. The van der Waals surface area contributed by atoms with Crippen molar-refractivity contribution in [3.63, 3.8) is 0 Å². The fourth-order valence-corrected chi connectivity index (χ4v) is 3.86. The molecule has 1 aromatic heterocycles. The van der Waals surface area contributed by atoms with Gasteiger partial charge in [0.15, 0.2) is 0 Å².